The molecule has 102 valence electrons. The lowest BCUT2D eigenvalue weighted by Gasteiger charge is -2.02. The van der Waals surface area contributed by atoms with Crippen molar-refractivity contribution < 1.29 is 18.7 Å². The number of esters is 1. The van der Waals surface area contributed by atoms with Gasteiger partial charge in [0.1, 0.15) is 5.76 Å². The number of furan rings is 1. The zero-order valence-corrected chi connectivity index (χ0v) is 11.0. The van der Waals surface area contributed by atoms with Crippen molar-refractivity contribution in [3.63, 3.8) is 0 Å². The summed E-state index contributed by atoms with van der Waals surface area (Å²) < 4.78 is 9.90. The molecule has 0 aliphatic carbocycles. The van der Waals surface area contributed by atoms with Crippen molar-refractivity contribution >= 4 is 17.8 Å². The van der Waals surface area contributed by atoms with Gasteiger partial charge in [0.05, 0.1) is 6.26 Å². The van der Waals surface area contributed by atoms with Gasteiger partial charge in [-0.3, -0.25) is 4.79 Å². The summed E-state index contributed by atoms with van der Waals surface area (Å²) in [6.07, 6.45) is 4.21. The van der Waals surface area contributed by atoms with Crippen LogP contribution in [0.1, 0.15) is 21.7 Å². The van der Waals surface area contributed by atoms with E-state index in [1.165, 1.54) is 18.4 Å². The van der Waals surface area contributed by atoms with Gasteiger partial charge in [-0.2, -0.15) is 0 Å². The van der Waals surface area contributed by atoms with E-state index >= 15 is 0 Å². The van der Waals surface area contributed by atoms with Crippen LogP contribution >= 0.6 is 0 Å². The first-order valence-corrected chi connectivity index (χ1v) is 6.13. The highest BCUT2D eigenvalue weighted by Gasteiger charge is 2.08. The molecule has 0 unspecified atom stereocenters. The van der Waals surface area contributed by atoms with Gasteiger partial charge in [0.15, 0.2) is 12.4 Å². The number of aryl methyl sites for hydroxylation is 1. The van der Waals surface area contributed by atoms with Gasteiger partial charge in [0.2, 0.25) is 0 Å². The predicted octanol–water partition coefficient (Wildman–Crippen LogP) is 3.03. The number of Topliss-reactive ketones (excluding diaryl/α,β-unsaturated/α-hetero) is 1. The Hall–Kier alpha value is -2.62. The van der Waals surface area contributed by atoms with Crippen LogP contribution in [0.25, 0.3) is 6.08 Å². The number of carbonyl (C=O) groups excluding carboxylic acids is 2. The van der Waals surface area contributed by atoms with Crippen LogP contribution in [0.2, 0.25) is 0 Å². The Morgan fingerprint density at radius 3 is 2.60 bits per heavy atom. The van der Waals surface area contributed by atoms with E-state index in [0.717, 1.165) is 5.56 Å². The second-order valence-corrected chi connectivity index (χ2v) is 4.25. The van der Waals surface area contributed by atoms with Crippen molar-refractivity contribution in [2.75, 3.05) is 6.61 Å². The molecule has 20 heavy (non-hydrogen) atoms. The van der Waals surface area contributed by atoms with E-state index in [9.17, 15) is 9.59 Å². The van der Waals surface area contributed by atoms with E-state index in [1.54, 1.807) is 24.3 Å². The summed E-state index contributed by atoms with van der Waals surface area (Å²) in [6, 6.07) is 10.5. The fourth-order valence-electron chi connectivity index (χ4n) is 1.54. The largest absolute Gasteiger partial charge is 0.465 e. The van der Waals surface area contributed by atoms with Crippen LogP contribution < -0.4 is 0 Å². The average molecular weight is 270 g/mol. The third-order valence-corrected chi connectivity index (χ3v) is 2.65. The van der Waals surface area contributed by atoms with Crippen LogP contribution in [0.4, 0.5) is 0 Å². The summed E-state index contributed by atoms with van der Waals surface area (Å²) in [5.74, 6) is -0.265. The molecule has 1 aromatic heterocycles. The fourth-order valence-corrected chi connectivity index (χ4v) is 1.54. The Balaban J connectivity index is 1.84. The Kier molecular flexibility index (Phi) is 4.50. The van der Waals surface area contributed by atoms with Crippen molar-refractivity contribution in [1.82, 2.24) is 0 Å². The van der Waals surface area contributed by atoms with E-state index in [1.807, 2.05) is 19.1 Å². The Bertz CT molecular complexity index is 606. The first-order valence-electron chi connectivity index (χ1n) is 6.13. The van der Waals surface area contributed by atoms with Gasteiger partial charge in [-0.25, -0.2) is 4.79 Å². The minimum atomic E-state index is -0.582. The average Bonchev–Trinajstić information content (AvgIpc) is 2.96. The number of ether oxygens (including phenoxy) is 1. The molecule has 1 heterocycles. The molecule has 0 radical (unpaired) electrons. The van der Waals surface area contributed by atoms with Crippen molar-refractivity contribution in [3.8, 4) is 0 Å². The van der Waals surface area contributed by atoms with Crippen LogP contribution in [-0.2, 0) is 9.53 Å². The molecule has 0 spiro atoms. The van der Waals surface area contributed by atoms with Crippen LogP contribution in [0.5, 0.6) is 0 Å². The van der Waals surface area contributed by atoms with Gasteiger partial charge in [0.25, 0.3) is 0 Å². The Morgan fingerprint density at radius 2 is 1.95 bits per heavy atom. The lowest BCUT2D eigenvalue weighted by Crippen LogP contribution is -2.12. The first kappa shape index (κ1) is 13.8. The lowest BCUT2D eigenvalue weighted by atomic mass is 10.1. The SMILES string of the molecule is Cc1ccc(C(=O)COC(=O)/C=C/c2ccco2)cc1. The molecule has 0 aliphatic rings. The van der Waals surface area contributed by atoms with Crippen molar-refractivity contribution in [2.45, 2.75) is 6.92 Å². The molecule has 4 nitrogen and oxygen atoms in total. The molecule has 2 aromatic rings. The molecular formula is C16H14O4. The minimum Gasteiger partial charge on any atom is -0.465 e. The van der Waals surface area contributed by atoms with E-state index < -0.39 is 5.97 Å². The minimum absolute atomic E-state index is 0.232. The number of rotatable bonds is 5. The van der Waals surface area contributed by atoms with Crippen molar-refractivity contribution in [1.29, 1.82) is 0 Å². The molecule has 0 saturated carbocycles. The summed E-state index contributed by atoms with van der Waals surface area (Å²) in [4.78, 5) is 23.2. The van der Waals surface area contributed by atoms with Gasteiger partial charge in [-0.05, 0) is 25.1 Å². The topological polar surface area (TPSA) is 56.5 Å². The normalized spacial score (nSPS) is 10.7. The summed E-state index contributed by atoms with van der Waals surface area (Å²) >= 11 is 0. The highest BCUT2D eigenvalue weighted by Crippen LogP contribution is 2.05. The molecule has 1 aromatic carbocycles. The lowest BCUT2D eigenvalue weighted by molar-refractivity contribution is -0.136. The maximum absolute atomic E-state index is 11.8. The van der Waals surface area contributed by atoms with E-state index in [2.05, 4.69) is 0 Å². The van der Waals surface area contributed by atoms with Gasteiger partial charge >= 0.3 is 5.97 Å². The maximum Gasteiger partial charge on any atom is 0.331 e. The second-order valence-electron chi connectivity index (χ2n) is 4.25. The quantitative estimate of drug-likeness (QED) is 0.476. The Labute approximate surface area is 116 Å². The number of hydrogen-bond acceptors (Lipinski definition) is 4. The molecule has 0 bridgehead atoms. The molecule has 0 aliphatic heterocycles. The summed E-state index contributed by atoms with van der Waals surface area (Å²) in [5.41, 5.74) is 1.60. The van der Waals surface area contributed by atoms with Crippen LogP contribution in [-0.4, -0.2) is 18.4 Å². The van der Waals surface area contributed by atoms with Crippen LogP contribution in [0, 0.1) is 6.92 Å². The van der Waals surface area contributed by atoms with E-state index in [0.29, 0.717) is 11.3 Å². The van der Waals surface area contributed by atoms with Gasteiger partial charge in [-0.15, -0.1) is 0 Å². The first-order chi connectivity index (χ1) is 9.65. The highest BCUT2D eigenvalue weighted by atomic mass is 16.5. The predicted molar refractivity (Wildman–Crippen MR) is 74.2 cm³/mol. The number of hydrogen-bond donors (Lipinski definition) is 0. The zero-order valence-electron chi connectivity index (χ0n) is 11.0. The van der Waals surface area contributed by atoms with Gasteiger partial charge < -0.3 is 9.15 Å². The van der Waals surface area contributed by atoms with Gasteiger partial charge in [0, 0.05) is 11.6 Å². The third kappa shape index (κ3) is 3.95. The zero-order chi connectivity index (χ0) is 14.4. The maximum atomic E-state index is 11.8. The van der Waals surface area contributed by atoms with E-state index in [-0.39, 0.29) is 12.4 Å². The number of ketones is 1. The Morgan fingerprint density at radius 1 is 1.20 bits per heavy atom. The molecule has 0 saturated heterocycles. The van der Waals surface area contributed by atoms with E-state index in [4.69, 9.17) is 9.15 Å². The summed E-state index contributed by atoms with van der Waals surface area (Å²) in [5, 5.41) is 0. The summed E-state index contributed by atoms with van der Waals surface area (Å²) in [7, 11) is 0. The molecular weight excluding hydrogens is 256 g/mol. The summed E-state index contributed by atoms with van der Waals surface area (Å²) in [6.45, 7) is 1.66. The molecule has 0 fully saturated rings. The third-order valence-electron chi connectivity index (χ3n) is 2.65. The van der Waals surface area contributed by atoms with Crippen LogP contribution in [0.3, 0.4) is 0 Å². The highest BCUT2D eigenvalue weighted by molar-refractivity contribution is 5.98. The molecule has 0 atom stereocenters. The molecule has 2 rings (SSSR count). The molecule has 0 amide bonds. The van der Waals surface area contributed by atoms with Gasteiger partial charge in [-0.1, -0.05) is 29.8 Å². The number of benzene rings is 1. The smallest absolute Gasteiger partial charge is 0.331 e. The molecule has 4 heteroatoms. The number of carbonyl (C=O) groups is 2. The van der Waals surface area contributed by atoms with Crippen LogP contribution in [0.15, 0.2) is 53.2 Å². The standard InChI is InChI=1S/C16H14O4/c1-12-4-6-13(7-5-12)15(17)11-20-16(18)9-8-14-3-2-10-19-14/h2-10H,11H2,1H3/b9-8+. The second kappa shape index (κ2) is 6.52. The van der Waals surface area contributed by atoms with Crippen molar-refractivity contribution in [2.24, 2.45) is 0 Å². The molecule has 0 N–H and O–H groups in total. The van der Waals surface area contributed by atoms with Crippen molar-refractivity contribution in [3.05, 3.63) is 65.6 Å². The monoisotopic (exact) mass is 270 g/mol. The fraction of sp³-hybridized carbons (Fsp3) is 0.125.